The van der Waals surface area contributed by atoms with E-state index >= 15 is 0 Å². The second kappa shape index (κ2) is 9.21. The first kappa shape index (κ1) is 19.0. The quantitative estimate of drug-likeness (QED) is 0.610. The zero-order chi connectivity index (χ0) is 19.1. The van der Waals surface area contributed by atoms with E-state index < -0.39 is 11.8 Å². The fourth-order valence-corrected chi connectivity index (χ4v) is 3.25. The van der Waals surface area contributed by atoms with E-state index in [0.717, 1.165) is 31.5 Å². The number of carbonyl (C=O) groups is 2. The standard InChI is InChI=1S/C22H27N3O2/c1-17-6-10-19(11-7-17)24-22(27)21(26)23-14-4-5-18-8-12-20(13-9-18)25-15-2-3-16-25/h6-13H,2-5,14-16H2,1H3,(H,23,26)(H,24,27). The number of hydrogen-bond acceptors (Lipinski definition) is 3. The highest BCUT2D eigenvalue weighted by atomic mass is 16.2. The number of rotatable bonds is 6. The van der Waals surface area contributed by atoms with E-state index in [-0.39, 0.29) is 0 Å². The molecule has 0 spiro atoms. The minimum Gasteiger partial charge on any atom is -0.372 e. The van der Waals surface area contributed by atoms with Gasteiger partial charge < -0.3 is 15.5 Å². The summed E-state index contributed by atoms with van der Waals surface area (Å²) in [6, 6.07) is 16.0. The van der Waals surface area contributed by atoms with E-state index in [4.69, 9.17) is 0 Å². The molecule has 0 unspecified atom stereocenters. The van der Waals surface area contributed by atoms with Crippen molar-refractivity contribution in [3.8, 4) is 0 Å². The number of anilines is 2. The molecule has 0 bridgehead atoms. The van der Waals surface area contributed by atoms with Gasteiger partial charge in [0.15, 0.2) is 0 Å². The van der Waals surface area contributed by atoms with Crippen LogP contribution in [0.25, 0.3) is 0 Å². The predicted molar refractivity (Wildman–Crippen MR) is 109 cm³/mol. The van der Waals surface area contributed by atoms with Gasteiger partial charge in [0.05, 0.1) is 0 Å². The van der Waals surface area contributed by atoms with Crippen LogP contribution < -0.4 is 15.5 Å². The highest BCUT2D eigenvalue weighted by Gasteiger charge is 2.13. The van der Waals surface area contributed by atoms with E-state index in [1.807, 2.05) is 19.1 Å². The Bertz CT molecular complexity index is 763. The first-order valence-corrected chi connectivity index (χ1v) is 9.61. The topological polar surface area (TPSA) is 61.4 Å². The lowest BCUT2D eigenvalue weighted by Crippen LogP contribution is -2.36. The Hall–Kier alpha value is -2.82. The molecule has 0 aromatic heterocycles. The number of carbonyl (C=O) groups excluding carboxylic acids is 2. The van der Waals surface area contributed by atoms with Gasteiger partial charge in [-0.05, 0) is 62.4 Å². The molecular formula is C22H27N3O2. The monoisotopic (exact) mass is 365 g/mol. The normalized spacial score (nSPS) is 13.4. The average molecular weight is 365 g/mol. The van der Waals surface area contributed by atoms with Gasteiger partial charge >= 0.3 is 11.8 Å². The van der Waals surface area contributed by atoms with E-state index in [1.54, 1.807) is 12.1 Å². The van der Waals surface area contributed by atoms with Gasteiger partial charge in [0, 0.05) is 31.0 Å². The summed E-state index contributed by atoms with van der Waals surface area (Å²) in [4.78, 5) is 26.2. The van der Waals surface area contributed by atoms with Gasteiger partial charge in [-0.1, -0.05) is 29.8 Å². The molecule has 5 heteroatoms. The van der Waals surface area contributed by atoms with Gasteiger partial charge in [-0.2, -0.15) is 0 Å². The van der Waals surface area contributed by atoms with Crippen LogP contribution >= 0.6 is 0 Å². The maximum Gasteiger partial charge on any atom is 0.313 e. The van der Waals surface area contributed by atoms with Crippen LogP contribution in [0.2, 0.25) is 0 Å². The second-order valence-electron chi connectivity index (χ2n) is 7.04. The van der Waals surface area contributed by atoms with Crippen molar-refractivity contribution in [2.45, 2.75) is 32.6 Å². The number of nitrogens with one attached hydrogen (secondary N) is 2. The van der Waals surface area contributed by atoms with Crippen molar-refractivity contribution in [1.82, 2.24) is 5.32 Å². The molecule has 2 aromatic rings. The zero-order valence-electron chi connectivity index (χ0n) is 15.8. The Kier molecular flexibility index (Phi) is 6.47. The predicted octanol–water partition coefficient (Wildman–Crippen LogP) is 3.28. The third kappa shape index (κ3) is 5.58. The van der Waals surface area contributed by atoms with E-state index in [1.165, 1.54) is 24.1 Å². The molecular weight excluding hydrogens is 338 g/mol. The lowest BCUT2D eigenvalue weighted by molar-refractivity contribution is -0.136. The molecule has 0 atom stereocenters. The first-order valence-electron chi connectivity index (χ1n) is 9.61. The zero-order valence-corrected chi connectivity index (χ0v) is 15.8. The minimum atomic E-state index is -0.631. The third-order valence-corrected chi connectivity index (χ3v) is 4.85. The van der Waals surface area contributed by atoms with Crippen molar-refractivity contribution >= 4 is 23.2 Å². The minimum absolute atomic E-state index is 0.480. The van der Waals surface area contributed by atoms with Gasteiger partial charge in [-0.15, -0.1) is 0 Å². The number of aryl methyl sites for hydroxylation is 2. The number of benzene rings is 2. The highest BCUT2D eigenvalue weighted by Crippen LogP contribution is 2.20. The summed E-state index contributed by atoms with van der Waals surface area (Å²) in [7, 11) is 0. The van der Waals surface area contributed by atoms with Crippen molar-refractivity contribution in [3.05, 3.63) is 59.7 Å². The molecule has 1 aliphatic heterocycles. The Balaban J connectivity index is 1.37. The molecule has 1 aliphatic rings. The molecule has 5 nitrogen and oxygen atoms in total. The Morgan fingerprint density at radius 2 is 1.59 bits per heavy atom. The summed E-state index contributed by atoms with van der Waals surface area (Å²) in [5.74, 6) is -1.23. The molecule has 2 N–H and O–H groups in total. The SMILES string of the molecule is Cc1ccc(NC(=O)C(=O)NCCCc2ccc(N3CCCC3)cc2)cc1. The first-order chi connectivity index (χ1) is 13.1. The Morgan fingerprint density at radius 1 is 0.926 bits per heavy atom. The maximum absolute atomic E-state index is 11.9. The molecule has 1 heterocycles. The largest absolute Gasteiger partial charge is 0.372 e. The summed E-state index contributed by atoms with van der Waals surface area (Å²) in [6.07, 6.45) is 4.23. The molecule has 0 radical (unpaired) electrons. The summed E-state index contributed by atoms with van der Waals surface area (Å²) >= 11 is 0. The Morgan fingerprint density at radius 3 is 2.26 bits per heavy atom. The van der Waals surface area contributed by atoms with E-state index in [9.17, 15) is 9.59 Å². The fraction of sp³-hybridized carbons (Fsp3) is 0.364. The van der Waals surface area contributed by atoms with Crippen molar-refractivity contribution in [2.24, 2.45) is 0 Å². The van der Waals surface area contributed by atoms with Gasteiger partial charge in [0.25, 0.3) is 0 Å². The lowest BCUT2D eigenvalue weighted by atomic mass is 10.1. The molecule has 3 rings (SSSR count). The van der Waals surface area contributed by atoms with E-state index in [2.05, 4.69) is 39.8 Å². The van der Waals surface area contributed by atoms with Gasteiger partial charge in [-0.3, -0.25) is 9.59 Å². The number of nitrogens with zero attached hydrogens (tertiary/aromatic N) is 1. The molecule has 2 aromatic carbocycles. The van der Waals surface area contributed by atoms with Crippen molar-refractivity contribution < 1.29 is 9.59 Å². The Labute approximate surface area is 160 Å². The molecule has 0 saturated carbocycles. The maximum atomic E-state index is 11.9. The average Bonchev–Trinajstić information content (AvgIpc) is 3.22. The molecule has 2 amide bonds. The van der Waals surface area contributed by atoms with Gasteiger partial charge in [0.2, 0.25) is 0 Å². The lowest BCUT2D eigenvalue weighted by Gasteiger charge is -2.17. The third-order valence-electron chi connectivity index (χ3n) is 4.85. The van der Waals surface area contributed by atoms with Crippen LogP contribution in [0.1, 0.15) is 30.4 Å². The number of amides is 2. The summed E-state index contributed by atoms with van der Waals surface area (Å²) < 4.78 is 0. The van der Waals surface area contributed by atoms with Crippen LogP contribution in [0.15, 0.2) is 48.5 Å². The van der Waals surface area contributed by atoms with Gasteiger partial charge in [-0.25, -0.2) is 0 Å². The molecule has 27 heavy (non-hydrogen) atoms. The van der Waals surface area contributed by atoms with Crippen molar-refractivity contribution in [2.75, 3.05) is 29.9 Å². The summed E-state index contributed by atoms with van der Waals surface area (Å²) in [5, 5.41) is 5.29. The van der Waals surface area contributed by atoms with Crippen LogP contribution in [-0.2, 0) is 16.0 Å². The van der Waals surface area contributed by atoms with Gasteiger partial charge in [0.1, 0.15) is 0 Å². The second-order valence-corrected chi connectivity index (χ2v) is 7.04. The summed E-state index contributed by atoms with van der Waals surface area (Å²) in [5.41, 5.74) is 4.26. The number of hydrogen-bond donors (Lipinski definition) is 2. The highest BCUT2D eigenvalue weighted by molar-refractivity contribution is 6.39. The van der Waals surface area contributed by atoms with Crippen molar-refractivity contribution in [3.63, 3.8) is 0 Å². The van der Waals surface area contributed by atoms with Crippen LogP contribution in [0.3, 0.4) is 0 Å². The summed E-state index contributed by atoms with van der Waals surface area (Å²) in [6.45, 7) is 4.75. The molecule has 142 valence electrons. The van der Waals surface area contributed by atoms with Crippen LogP contribution in [-0.4, -0.2) is 31.4 Å². The smallest absolute Gasteiger partial charge is 0.313 e. The van der Waals surface area contributed by atoms with E-state index in [0.29, 0.717) is 12.2 Å². The molecule has 0 aliphatic carbocycles. The van der Waals surface area contributed by atoms with Crippen molar-refractivity contribution in [1.29, 1.82) is 0 Å². The van der Waals surface area contributed by atoms with Crippen LogP contribution in [0.5, 0.6) is 0 Å². The molecule has 1 saturated heterocycles. The fourth-order valence-electron chi connectivity index (χ4n) is 3.25. The molecule has 1 fully saturated rings. The van der Waals surface area contributed by atoms with Crippen LogP contribution in [0.4, 0.5) is 11.4 Å². The van der Waals surface area contributed by atoms with Crippen LogP contribution in [0, 0.1) is 6.92 Å².